The predicted octanol–water partition coefficient (Wildman–Crippen LogP) is 1.76. The lowest BCUT2D eigenvalue weighted by atomic mass is 9.93. The lowest BCUT2D eigenvalue weighted by Gasteiger charge is -2.40. The van der Waals surface area contributed by atoms with E-state index in [1.165, 1.54) is 12.1 Å². The van der Waals surface area contributed by atoms with Crippen LogP contribution in [0.15, 0.2) is 24.3 Å². The van der Waals surface area contributed by atoms with Gasteiger partial charge in [-0.25, -0.2) is 4.39 Å². The Morgan fingerprint density at radius 3 is 2.77 bits per heavy atom. The van der Waals surface area contributed by atoms with E-state index in [4.69, 9.17) is 4.74 Å². The largest absolute Gasteiger partial charge is 0.393 e. The topological polar surface area (TPSA) is 49.8 Å². The number of halogens is 1. The SMILES string of the molecule is O=C(Cc1ccc(F)cc1)N1CCOCC1C1CCCC1O. The second kappa shape index (κ2) is 6.75. The molecule has 1 aromatic carbocycles. The first kappa shape index (κ1) is 15.4. The Hall–Kier alpha value is -1.46. The smallest absolute Gasteiger partial charge is 0.227 e. The number of aliphatic hydroxyl groups excluding tert-OH is 1. The molecule has 1 saturated heterocycles. The van der Waals surface area contributed by atoms with Crippen molar-refractivity contribution >= 4 is 5.91 Å². The van der Waals surface area contributed by atoms with Crippen LogP contribution < -0.4 is 0 Å². The highest BCUT2D eigenvalue weighted by Crippen LogP contribution is 2.32. The van der Waals surface area contributed by atoms with Crippen molar-refractivity contribution in [2.75, 3.05) is 19.8 Å². The molecule has 3 rings (SSSR count). The standard InChI is InChI=1S/C17H22FNO3/c18-13-6-4-12(5-7-13)10-17(21)19-8-9-22-11-15(19)14-2-1-3-16(14)20/h4-7,14-16,20H,1-3,8-11H2. The summed E-state index contributed by atoms with van der Waals surface area (Å²) in [5, 5.41) is 10.1. The second-order valence-electron chi connectivity index (χ2n) is 6.19. The Morgan fingerprint density at radius 1 is 1.32 bits per heavy atom. The highest BCUT2D eigenvalue weighted by Gasteiger charge is 2.39. The van der Waals surface area contributed by atoms with E-state index >= 15 is 0 Å². The van der Waals surface area contributed by atoms with Gasteiger partial charge in [0.2, 0.25) is 5.91 Å². The quantitative estimate of drug-likeness (QED) is 0.926. The summed E-state index contributed by atoms with van der Waals surface area (Å²) in [6.07, 6.45) is 2.67. The minimum Gasteiger partial charge on any atom is -0.393 e. The van der Waals surface area contributed by atoms with Crippen LogP contribution >= 0.6 is 0 Å². The van der Waals surface area contributed by atoms with Gasteiger partial charge in [0.25, 0.3) is 0 Å². The molecule has 0 bridgehead atoms. The van der Waals surface area contributed by atoms with Crippen LogP contribution in [0.2, 0.25) is 0 Å². The average molecular weight is 307 g/mol. The van der Waals surface area contributed by atoms with Gasteiger partial charge in [-0.3, -0.25) is 4.79 Å². The van der Waals surface area contributed by atoms with Gasteiger partial charge in [-0.05, 0) is 30.5 Å². The zero-order valence-corrected chi connectivity index (χ0v) is 12.6. The number of ether oxygens (including phenoxy) is 1. The lowest BCUT2D eigenvalue weighted by Crippen LogP contribution is -2.54. The zero-order valence-electron chi connectivity index (χ0n) is 12.6. The molecular weight excluding hydrogens is 285 g/mol. The molecule has 5 heteroatoms. The summed E-state index contributed by atoms with van der Waals surface area (Å²) in [5.41, 5.74) is 0.809. The van der Waals surface area contributed by atoms with Gasteiger partial charge in [-0.1, -0.05) is 18.6 Å². The van der Waals surface area contributed by atoms with Crippen molar-refractivity contribution in [2.24, 2.45) is 5.92 Å². The maximum Gasteiger partial charge on any atom is 0.227 e. The molecule has 1 amide bonds. The molecule has 1 N–H and O–H groups in total. The molecule has 1 saturated carbocycles. The molecule has 0 spiro atoms. The van der Waals surface area contributed by atoms with E-state index < -0.39 is 0 Å². The van der Waals surface area contributed by atoms with Gasteiger partial charge < -0.3 is 14.7 Å². The molecule has 4 nitrogen and oxygen atoms in total. The van der Waals surface area contributed by atoms with Crippen LogP contribution in [0.25, 0.3) is 0 Å². The number of amides is 1. The van der Waals surface area contributed by atoms with Crippen molar-refractivity contribution in [3.63, 3.8) is 0 Å². The van der Waals surface area contributed by atoms with Crippen LogP contribution in [0.3, 0.4) is 0 Å². The lowest BCUT2D eigenvalue weighted by molar-refractivity contribution is -0.143. The number of morpholine rings is 1. The van der Waals surface area contributed by atoms with E-state index in [-0.39, 0.29) is 36.2 Å². The Balaban J connectivity index is 1.69. The number of hydrogen-bond donors (Lipinski definition) is 1. The second-order valence-corrected chi connectivity index (χ2v) is 6.19. The van der Waals surface area contributed by atoms with Crippen molar-refractivity contribution in [3.8, 4) is 0 Å². The maximum atomic E-state index is 12.9. The number of rotatable bonds is 3. The molecule has 0 aromatic heterocycles. The van der Waals surface area contributed by atoms with Gasteiger partial charge in [-0.15, -0.1) is 0 Å². The summed E-state index contributed by atoms with van der Waals surface area (Å²) in [4.78, 5) is 14.5. The van der Waals surface area contributed by atoms with E-state index in [2.05, 4.69) is 0 Å². The highest BCUT2D eigenvalue weighted by atomic mass is 19.1. The van der Waals surface area contributed by atoms with Crippen molar-refractivity contribution in [2.45, 2.75) is 37.8 Å². The number of benzene rings is 1. The van der Waals surface area contributed by atoms with Crippen LogP contribution in [-0.4, -0.2) is 47.8 Å². The monoisotopic (exact) mass is 307 g/mol. The molecule has 1 aliphatic heterocycles. The predicted molar refractivity (Wildman–Crippen MR) is 79.8 cm³/mol. The minimum atomic E-state index is -0.340. The van der Waals surface area contributed by atoms with Gasteiger partial charge in [0.15, 0.2) is 0 Å². The third kappa shape index (κ3) is 3.31. The molecule has 1 aromatic rings. The van der Waals surface area contributed by atoms with Crippen molar-refractivity contribution in [1.29, 1.82) is 0 Å². The summed E-state index contributed by atoms with van der Waals surface area (Å²) in [5.74, 6) is -0.161. The first-order chi connectivity index (χ1) is 10.6. The van der Waals surface area contributed by atoms with Gasteiger partial charge in [0.05, 0.1) is 31.8 Å². The summed E-state index contributed by atoms with van der Waals surface area (Å²) in [6, 6.07) is 6.00. The fraction of sp³-hybridized carbons (Fsp3) is 0.588. The van der Waals surface area contributed by atoms with E-state index in [1.807, 2.05) is 4.90 Å². The fourth-order valence-electron chi connectivity index (χ4n) is 3.58. The van der Waals surface area contributed by atoms with Crippen molar-refractivity contribution in [3.05, 3.63) is 35.6 Å². The average Bonchev–Trinajstić information content (AvgIpc) is 2.95. The Bertz CT molecular complexity index is 519. The highest BCUT2D eigenvalue weighted by molar-refractivity contribution is 5.79. The number of nitrogens with zero attached hydrogens (tertiary/aromatic N) is 1. The number of aliphatic hydroxyl groups is 1. The van der Waals surface area contributed by atoms with Crippen LogP contribution in [-0.2, 0) is 16.0 Å². The molecule has 2 aliphatic rings. The molecule has 1 heterocycles. The molecular formula is C17H22FNO3. The first-order valence-corrected chi connectivity index (χ1v) is 7.95. The van der Waals surface area contributed by atoms with Crippen LogP contribution in [0, 0.1) is 11.7 Å². The van der Waals surface area contributed by atoms with E-state index in [1.54, 1.807) is 12.1 Å². The van der Waals surface area contributed by atoms with Gasteiger partial charge in [-0.2, -0.15) is 0 Å². The van der Waals surface area contributed by atoms with Crippen molar-refractivity contribution < 1.29 is 19.0 Å². The van der Waals surface area contributed by atoms with Crippen LogP contribution in [0.5, 0.6) is 0 Å². The van der Waals surface area contributed by atoms with Gasteiger partial charge in [0, 0.05) is 12.5 Å². The summed E-state index contributed by atoms with van der Waals surface area (Å²) in [7, 11) is 0. The maximum absolute atomic E-state index is 12.9. The Labute approximate surface area is 129 Å². The summed E-state index contributed by atoms with van der Waals surface area (Å²) < 4.78 is 18.5. The van der Waals surface area contributed by atoms with E-state index in [0.717, 1.165) is 24.8 Å². The number of carbonyl (C=O) groups is 1. The van der Waals surface area contributed by atoms with Gasteiger partial charge >= 0.3 is 0 Å². The normalized spacial score (nSPS) is 28.8. The van der Waals surface area contributed by atoms with Gasteiger partial charge in [0.1, 0.15) is 5.82 Å². The molecule has 0 radical (unpaired) electrons. The van der Waals surface area contributed by atoms with Crippen LogP contribution in [0.1, 0.15) is 24.8 Å². The number of carbonyl (C=O) groups excluding carboxylic acids is 1. The minimum absolute atomic E-state index is 0.0269. The molecule has 3 unspecified atom stereocenters. The van der Waals surface area contributed by atoms with Crippen LogP contribution in [0.4, 0.5) is 4.39 Å². The Kier molecular flexibility index (Phi) is 4.74. The molecule has 120 valence electrons. The number of hydrogen-bond acceptors (Lipinski definition) is 3. The fourth-order valence-corrected chi connectivity index (χ4v) is 3.58. The summed E-state index contributed by atoms with van der Waals surface area (Å²) in [6.45, 7) is 1.60. The van der Waals surface area contributed by atoms with Crippen molar-refractivity contribution in [1.82, 2.24) is 4.90 Å². The Morgan fingerprint density at radius 2 is 2.09 bits per heavy atom. The molecule has 1 aliphatic carbocycles. The van der Waals surface area contributed by atoms with E-state index in [0.29, 0.717) is 19.8 Å². The third-order valence-electron chi connectivity index (χ3n) is 4.78. The molecule has 2 fully saturated rings. The summed E-state index contributed by atoms with van der Waals surface area (Å²) >= 11 is 0. The zero-order chi connectivity index (χ0) is 15.5. The molecule has 3 atom stereocenters. The van der Waals surface area contributed by atoms with E-state index in [9.17, 15) is 14.3 Å². The third-order valence-corrected chi connectivity index (χ3v) is 4.78. The first-order valence-electron chi connectivity index (χ1n) is 7.95. The molecule has 22 heavy (non-hydrogen) atoms.